The number of hydrogen-bond donors (Lipinski definition) is 1. The topological polar surface area (TPSA) is 59.5 Å². The Hall–Kier alpha value is -1.78. The Morgan fingerprint density at radius 3 is 2.71 bits per heavy atom. The van der Waals surface area contributed by atoms with Gasteiger partial charge in [0.2, 0.25) is 5.91 Å². The summed E-state index contributed by atoms with van der Waals surface area (Å²) in [6.45, 7) is 0.686. The number of carbonyl (C=O) groups is 1. The van der Waals surface area contributed by atoms with Crippen LogP contribution in [0.25, 0.3) is 0 Å². The van der Waals surface area contributed by atoms with Gasteiger partial charge in [0.05, 0.1) is 12.0 Å². The fourth-order valence-electron chi connectivity index (χ4n) is 4.66. The van der Waals surface area contributed by atoms with E-state index in [1.165, 1.54) is 5.56 Å². The van der Waals surface area contributed by atoms with Gasteiger partial charge < -0.3 is 10.2 Å². The predicted octanol–water partition coefficient (Wildman–Crippen LogP) is 3.38. The normalized spacial score (nSPS) is 29.2. The molecule has 3 atom stereocenters. The summed E-state index contributed by atoms with van der Waals surface area (Å²) in [5.74, 6) is 0.665. The Morgan fingerprint density at radius 1 is 1.25 bits per heavy atom. The molecule has 5 heteroatoms. The second-order valence-corrected chi connectivity index (χ2v) is 7.38. The van der Waals surface area contributed by atoms with Crippen LogP contribution in [0.5, 0.6) is 0 Å². The first-order chi connectivity index (χ1) is 11.6. The molecule has 2 saturated heterocycles. The summed E-state index contributed by atoms with van der Waals surface area (Å²) in [7, 11) is 0. The van der Waals surface area contributed by atoms with Crippen molar-refractivity contribution in [3.63, 3.8) is 0 Å². The van der Waals surface area contributed by atoms with E-state index in [1.807, 2.05) is 24.3 Å². The van der Waals surface area contributed by atoms with Gasteiger partial charge in [0.1, 0.15) is 5.76 Å². The number of rotatable bonds is 5. The minimum absolute atomic E-state index is 0.170. The van der Waals surface area contributed by atoms with Gasteiger partial charge in [-0.05, 0) is 55.0 Å². The Bertz CT molecular complexity index is 745. The van der Waals surface area contributed by atoms with Crippen LogP contribution < -0.4 is 5.73 Å². The van der Waals surface area contributed by atoms with Crippen LogP contribution in [-0.2, 0) is 17.8 Å². The first-order valence-corrected chi connectivity index (χ1v) is 8.80. The molecule has 3 heterocycles. The smallest absolute Gasteiger partial charge is 0.225 e. The van der Waals surface area contributed by atoms with Crippen LogP contribution in [0.2, 0.25) is 5.22 Å². The third-order valence-electron chi connectivity index (χ3n) is 5.70. The zero-order valence-corrected chi connectivity index (χ0v) is 14.2. The Morgan fingerprint density at radius 2 is 2.04 bits per heavy atom. The second-order valence-electron chi connectivity index (χ2n) is 7.01. The molecule has 4 nitrogen and oxygen atoms in total. The molecule has 4 rings (SSSR count). The number of amides is 1. The van der Waals surface area contributed by atoms with Gasteiger partial charge in [-0.3, -0.25) is 9.69 Å². The molecule has 0 unspecified atom stereocenters. The maximum absolute atomic E-state index is 12.5. The maximum atomic E-state index is 12.5. The van der Waals surface area contributed by atoms with E-state index in [4.69, 9.17) is 21.8 Å². The zero-order valence-electron chi connectivity index (χ0n) is 13.5. The Labute approximate surface area is 146 Å². The molecule has 2 aliphatic heterocycles. The highest BCUT2D eigenvalue weighted by Gasteiger charge is 2.58. The third kappa shape index (κ3) is 2.54. The van der Waals surface area contributed by atoms with Crippen molar-refractivity contribution in [2.24, 2.45) is 11.1 Å². The van der Waals surface area contributed by atoms with Crippen LogP contribution in [0.1, 0.15) is 30.6 Å². The molecule has 2 bridgehead atoms. The molecule has 24 heavy (non-hydrogen) atoms. The summed E-state index contributed by atoms with van der Waals surface area (Å²) in [6, 6.07) is 14.4. The van der Waals surface area contributed by atoms with Crippen LogP contribution >= 0.6 is 11.6 Å². The second kappa shape index (κ2) is 5.94. The Balaban J connectivity index is 1.61. The number of carbonyl (C=O) groups excluding carboxylic acids is 1. The third-order valence-corrected chi connectivity index (χ3v) is 5.90. The fraction of sp³-hybridized carbons (Fsp3) is 0.421. The van der Waals surface area contributed by atoms with Gasteiger partial charge in [0, 0.05) is 12.1 Å². The van der Waals surface area contributed by atoms with Gasteiger partial charge in [-0.2, -0.15) is 0 Å². The van der Waals surface area contributed by atoms with Crippen molar-refractivity contribution in [3.8, 4) is 0 Å². The number of primary amides is 1. The standard InChI is InChI=1S/C19H21ClN2O2/c20-17-9-7-15(24-17)12-22-14-6-8-16(22)19(11-14,18(21)23)10-13-4-2-1-3-5-13/h1-5,7,9,14,16H,6,8,10-12H2,(H2,21,23)/t14-,16+,19+/m0/s1. The van der Waals surface area contributed by atoms with E-state index >= 15 is 0 Å². The van der Waals surface area contributed by atoms with Gasteiger partial charge in [0.15, 0.2) is 5.22 Å². The summed E-state index contributed by atoms with van der Waals surface area (Å²) in [5, 5.41) is 0.405. The molecular formula is C19H21ClN2O2. The molecule has 0 spiro atoms. The average Bonchev–Trinajstić information content (AvgIpc) is 3.23. The summed E-state index contributed by atoms with van der Waals surface area (Å²) in [5.41, 5.74) is 6.60. The lowest BCUT2D eigenvalue weighted by atomic mass is 9.69. The van der Waals surface area contributed by atoms with Crippen molar-refractivity contribution in [2.75, 3.05) is 0 Å². The first-order valence-electron chi connectivity index (χ1n) is 8.42. The molecule has 1 aromatic heterocycles. The van der Waals surface area contributed by atoms with E-state index in [-0.39, 0.29) is 11.9 Å². The maximum Gasteiger partial charge on any atom is 0.225 e. The van der Waals surface area contributed by atoms with Gasteiger partial charge in [-0.1, -0.05) is 30.3 Å². The lowest BCUT2D eigenvalue weighted by Crippen LogP contribution is -2.48. The molecule has 126 valence electrons. The van der Waals surface area contributed by atoms with Crippen molar-refractivity contribution in [1.82, 2.24) is 4.90 Å². The van der Waals surface area contributed by atoms with Crippen LogP contribution in [0.4, 0.5) is 0 Å². The predicted molar refractivity (Wildman–Crippen MR) is 92.5 cm³/mol. The number of benzene rings is 1. The highest BCUT2D eigenvalue weighted by atomic mass is 35.5. The van der Waals surface area contributed by atoms with Crippen molar-refractivity contribution in [2.45, 2.75) is 44.3 Å². The number of nitrogens with two attached hydrogens (primary N) is 1. The molecule has 0 radical (unpaired) electrons. The summed E-state index contributed by atoms with van der Waals surface area (Å²) in [6.07, 6.45) is 3.66. The quantitative estimate of drug-likeness (QED) is 0.904. The minimum atomic E-state index is -0.485. The number of nitrogens with zero attached hydrogens (tertiary/aromatic N) is 1. The van der Waals surface area contributed by atoms with E-state index in [1.54, 1.807) is 6.07 Å². The van der Waals surface area contributed by atoms with Crippen LogP contribution in [0.3, 0.4) is 0 Å². The monoisotopic (exact) mass is 344 g/mol. The molecule has 0 saturated carbocycles. The van der Waals surface area contributed by atoms with Crippen LogP contribution in [0.15, 0.2) is 46.9 Å². The number of fused-ring (bicyclic) bond motifs is 2. The van der Waals surface area contributed by atoms with Crippen molar-refractivity contribution in [3.05, 3.63) is 59.0 Å². The van der Waals surface area contributed by atoms with Crippen molar-refractivity contribution in [1.29, 1.82) is 0 Å². The van der Waals surface area contributed by atoms with E-state index in [0.717, 1.165) is 25.0 Å². The average molecular weight is 345 g/mol. The highest BCUT2D eigenvalue weighted by molar-refractivity contribution is 6.28. The van der Waals surface area contributed by atoms with Crippen molar-refractivity contribution >= 4 is 17.5 Å². The summed E-state index contributed by atoms with van der Waals surface area (Å²) in [4.78, 5) is 14.9. The van der Waals surface area contributed by atoms with E-state index in [0.29, 0.717) is 24.2 Å². The molecule has 0 aliphatic carbocycles. The molecule has 1 aromatic carbocycles. The SMILES string of the molecule is NC(=O)[C@]1(Cc2ccccc2)C[C@@H]2CC[C@H]1N2Cc1ccc(Cl)o1. The molecule has 2 aromatic rings. The van der Waals surface area contributed by atoms with Gasteiger partial charge >= 0.3 is 0 Å². The number of hydrogen-bond acceptors (Lipinski definition) is 3. The zero-order chi connectivity index (χ0) is 16.7. The van der Waals surface area contributed by atoms with Gasteiger partial charge in [-0.25, -0.2) is 0 Å². The lowest BCUT2D eigenvalue weighted by Gasteiger charge is -2.35. The molecule has 2 aliphatic rings. The lowest BCUT2D eigenvalue weighted by molar-refractivity contribution is -0.129. The largest absolute Gasteiger partial charge is 0.448 e. The fourth-order valence-corrected chi connectivity index (χ4v) is 4.83. The summed E-state index contributed by atoms with van der Waals surface area (Å²) >= 11 is 5.89. The van der Waals surface area contributed by atoms with Crippen LogP contribution in [-0.4, -0.2) is 22.9 Å². The highest BCUT2D eigenvalue weighted by Crippen LogP contribution is 2.52. The minimum Gasteiger partial charge on any atom is -0.448 e. The first kappa shape index (κ1) is 15.7. The number of furan rings is 1. The van der Waals surface area contributed by atoms with E-state index in [2.05, 4.69) is 17.0 Å². The molecular weight excluding hydrogens is 324 g/mol. The van der Waals surface area contributed by atoms with E-state index in [9.17, 15) is 4.79 Å². The summed E-state index contributed by atoms with van der Waals surface area (Å²) < 4.78 is 5.52. The molecule has 2 N–H and O–H groups in total. The van der Waals surface area contributed by atoms with Gasteiger partial charge in [-0.15, -0.1) is 0 Å². The molecule has 2 fully saturated rings. The van der Waals surface area contributed by atoms with E-state index < -0.39 is 5.41 Å². The van der Waals surface area contributed by atoms with Crippen molar-refractivity contribution < 1.29 is 9.21 Å². The number of halogens is 1. The Kier molecular flexibility index (Phi) is 3.89. The van der Waals surface area contributed by atoms with Gasteiger partial charge in [0.25, 0.3) is 0 Å². The molecule has 1 amide bonds. The van der Waals surface area contributed by atoms with Crippen LogP contribution in [0, 0.1) is 5.41 Å².